The molecule has 0 unspecified atom stereocenters. The van der Waals surface area contributed by atoms with Gasteiger partial charge in [0.2, 0.25) is 6.41 Å². The van der Waals surface area contributed by atoms with Crippen LogP contribution in [0, 0.1) is 5.92 Å². The summed E-state index contributed by atoms with van der Waals surface area (Å²) in [6.45, 7) is 5.00. The van der Waals surface area contributed by atoms with Crippen molar-refractivity contribution in [2.75, 3.05) is 13.6 Å². The molecule has 0 saturated carbocycles. The zero-order valence-corrected chi connectivity index (χ0v) is 7.35. The fourth-order valence-electron chi connectivity index (χ4n) is 0.767. The Morgan fingerprint density at radius 3 is 2.55 bits per heavy atom. The smallest absolute Gasteiger partial charge is 0.211 e. The zero-order chi connectivity index (χ0) is 8.69. The normalized spacial score (nSPS) is 11.8. The topological polar surface area (TPSA) is 41.1 Å². The number of likely N-dealkylation sites (N-methyl/N-ethyl adjacent to an activating group) is 1. The quantitative estimate of drug-likeness (QED) is 0.569. The van der Waals surface area contributed by atoms with Crippen molar-refractivity contribution < 1.29 is 4.79 Å². The van der Waals surface area contributed by atoms with E-state index in [2.05, 4.69) is 24.5 Å². The Bertz CT molecular complexity index is 141. The molecule has 0 aliphatic carbocycles. The van der Waals surface area contributed by atoms with Crippen molar-refractivity contribution in [3.63, 3.8) is 0 Å². The van der Waals surface area contributed by atoms with E-state index in [1.54, 1.807) is 6.20 Å². The summed E-state index contributed by atoms with van der Waals surface area (Å²) in [7, 11) is 1.89. The fraction of sp³-hybridized carbons (Fsp3) is 0.625. The van der Waals surface area contributed by atoms with E-state index in [4.69, 9.17) is 0 Å². The summed E-state index contributed by atoms with van der Waals surface area (Å²) < 4.78 is 0. The van der Waals surface area contributed by atoms with Crippen molar-refractivity contribution in [2.24, 2.45) is 5.92 Å². The first-order chi connectivity index (χ1) is 5.22. The molecule has 0 aromatic heterocycles. The van der Waals surface area contributed by atoms with Crippen LogP contribution in [-0.4, -0.2) is 20.0 Å². The van der Waals surface area contributed by atoms with Gasteiger partial charge in [-0.15, -0.1) is 0 Å². The Morgan fingerprint density at radius 2 is 2.18 bits per heavy atom. The van der Waals surface area contributed by atoms with Crippen molar-refractivity contribution in [1.82, 2.24) is 10.6 Å². The first-order valence-electron chi connectivity index (χ1n) is 3.75. The van der Waals surface area contributed by atoms with Gasteiger partial charge in [-0.3, -0.25) is 4.79 Å². The van der Waals surface area contributed by atoms with Crippen LogP contribution in [0.3, 0.4) is 0 Å². The van der Waals surface area contributed by atoms with Gasteiger partial charge in [0.05, 0.1) is 0 Å². The number of hydrogen-bond donors (Lipinski definition) is 2. The van der Waals surface area contributed by atoms with E-state index in [-0.39, 0.29) is 0 Å². The van der Waals surface area contributed by atoms with Gasteiger partial charge in [0.1, 0.15) is 0 Å². The zero-order valence-electron chi connectivity index (χ0n) is 7.35. The highest BCUT2D eigenvalue weighted by molar-refractivity contribution is 5.48. The third-order valence-corrected chi connectivity index (χ3v) is 1.46. The monoisotopic (exact) mass is 156 g/mol. The van der Waals surface area contributed by atoms with E-state index >= 15 is 0 Å². The predicted molar refractivity (Wildman–Crippen MR) is 46.0 cm³/mol. The highest BCUT2D eigenvalue weighted by atomic mass is 16.1. The molecule has 0 rings (SSSR count). The lowest BCUT2D eigenvalue weighted by molar-refractivity contribution is -0.108. The lowest BCUT2D eigenvalue weighted by Crippen LogP contribution is -2.16. The second-order valence-corrected chi connectivity index (χ2v) is 2.69. The predicted octanol–water partition coefficient (Wildman–Crippen LogP) is 0.492. The third kappa shape index (κ3) is 4.56. The van der Waals surface area contributed by atoms with Gasteiger partial charge < -0.3 is 10.6 Å². The summed E-state index contributed by atoms with van der Waals surface area (Å²) >= 11 is 0. The number of rotatable bonds is 5. The summed E-state index contributed by atoms with van der Waals surface area (Å²) in [5, 5.41) is 5.57. The van der Waals surface area contributed by atoms with Gasteiger partial charge in [0.25, 0.3) is 0 Å². The second-order valence-electron chi connectivity index (χ2n) is 2.69. The average molecular weight is 156 g/mol. The molecule has 1 amide bonds. The SMILES string of the molecule is CNC/C(=C\NC=O)C(C)C. The first kappa shape index (κ1) is 10.2. The minimum Gasteiger partial charge on any atom is -0.335 e. The van der Waals surface area contributed by atoms with Crippen LogP contribution >= 0.6 is 0 Å². The maximum atomic E-state index is 9.96. The molecular formula is C8H16N2O. The summed E-state index contributed by atoms with van der Waals surface area (Å²) in [4.78, 5) is 9.96. The van der Waals surface area contributed by atoms with Crippen LogP contribution < -0.4 is 10.6 Å². The lowest BCUT2D eigenvalue weighted by Gasteiger charge is -2.09. The minimum absolute atomic E-state index is 0.467. The summed E-state index contributed by atoms with van der Waals surface area (Å²) in [6.07, 6.45) is 2.42. The molecule has 0 bridgehead atoms. The molecule has 0 aromatic carbocycles. The molecule has 2 N–H and O–H groups in total. The summed E-state index contributed by atoms with van der Waals surface area (Å²) in [5.74, 6) is 0.467. The number of carbonyl (C=O) groups is 1. The molecule has 11 heavy (non-hydrogen) atoms. The third-order valence-electron chi connectivity index (χ3n) is 1.46. The maximum absolute atomic E-state index is 9.96. The van der Waals surface area contributed by atoms with Gasteiger partial charge in [-0.2, -0.15) is 0 Å². The van der Waals surface area contributed by atoms with Crippen molar-refractivity contribution >= 4 is 6.41 Å². The van der Waals surface area contributed by atoms with Crippen LogP contribution in [-0.2, 0) is 4.79 Å². The molecule has 64 valence electrons. The standard InChI is InChI=1S/C8H16N2O/c1-7(2)8(4-9-3)5-10-6-11/h5-7,9H,4H2,1-3H3,(H,10,11)/b8-5+. The molecule has 0 aliphatic heterocycles. The number of carbonyl (C=O) groups excluding carboxylic acids is 1. The van der Waals surface area contributed by atoms with E-state index in [1.807, 2.05) is 7.05 Å². The molecule has 0 aromatic rings. The second kappa shape index (κ2) is 5.92. The molecule has 0 radical (unpaired) electrons. The molecule has 3 heteroatoms. The molecule has 0 saturated heterocycles. The van der Waals surface area contributed by atoms with Crippen LogP contribution in [0.1, 0.15) is 13.8 Å². The molecule has 0 heterocycles. The van der Waals surface area contributed by atoms with Gasteiger partial charge in [-0.1, -0.05) is 13.8 Å². The summed E-state index contributed by atoms with van der Waals surface area (Å²) in [6, 6.07) is 0. The number of hydrogen-bond acceptors (Lipinski definition) is 2. The van der Waals surface area contributed by atoms with E-state index in [0.717, 1.165) is 6.54 Å². The van der Waals surface area contributed by atoms with Crippen LogP contribution in [0.4, 0.5) is 0 Å². The van der Waals surface area contributed by atoms with Crippen LogP contribution in [0.5, 0.6) is 0 Å². The Hall–Kier alpha value is -0.830. The molecule has 0 spiro atoms. The number of amides is 1. The highest BCUT2D eigenvalue weighted by Gasteiger charge is 2.00. The molecular weight excluding hydrogens is 140 g/mol. The van der Waals surface area contributed by atoms with Crippen LogP contribution in [0.2, 0.25) is 0 Å². The van der Waals surface area contributed by atoms with Crippen molar-refractivity contribution in [3.05, 3.63) is 11.8 Å². The van der Waals surface area contributed by atoms with Crippen LogP contribution in [0.15, 0.2) is 11.8 Å². The van der Waals surface area contributed by atoms with Gasteiger partial charge >= 0.3 is 0 Å². The fourth-order valence-corrected chi connectivity index (χ4v) is 0.767. The van der Waals surface area contributed by atoms with E-state index in [0.29, 0.717) is 12.3 Å². The molecule has 0 fully saturated rings. The Balaban J connectivity index is 3.96. The van der Waals surface area contributed by atoms with E-state index in [9.17, 15) is 4.79 Å². The van der Waals surface area contributed by atoms with Crippen LogP contribution in [0.25, 0.3) is 0 Å². The van der Waals surface area contributed by atoms with Gasteiger partial charge in [0.15, 0.2) is 0 Å². The summed E-state index contributed by atoms with van der Waals surface area (Å²) in [5.41, 5.74) is 1.19. The van der Waals surface area contributed by atoms with Crippen molar-refractivity contribution in [3.8, 4) is 0 Å². The van der Waals surface area contributed by atoms with Gasteiger partial charge in [0, 0.05) is 12.7 Å². The Labute approximate surface area is 67.9 Å². The molecule has 3 nitrogen and oxygen atoms in total. The van der Waals surface area contributed by atoms with Gasteiger partial charge in [-0.05, 0) is 18.5 Å². The Kier molecular flexibility index (Phi) is 5.47. The van der Waals surface area contributed by atoms with E-state index < -0.39 is 0 Å². The Morgan fingerprint density at radius 1 is 1.55 bits per heavy atom. The molecule has 0 atom stereocenters. The molecule has 0 aliphatic rings. The average Bonchev–Trinajstić information content (AvgIpc) is 1.97. The van der Waals surface area contributed by atoms with Crippen molar-refractivity contribution in [1.29, 1.82) is 0 Å². The largest absolute Gasteiger partial charge is 0.335 e. The first-order valence-corrected chi connectivity index (χ1v) is 3.75. The lowest BCUT2D eigenvalue weighted by atomic mass is 10.1. The maximum Gasteiger partial charge on any atom is 0.211 e. The number of nitrogens with one attached hydrogen (secondary N) is 2. The van der Waals surface area contributed by atoms with E-state index in [1.165, 1.54) is 5.57 Å². The highest BCUT2D eigenvalue weighted by Crippen LogP contribution is 2.05. The minimum atomic E-state index is 0.467. The van der Waals surface area contributed by atoms with Crippen molar-refractivity contribution in [2.45, 2.75) is 13.8 Å². The van der Waals surface area contributed by atoms with Gasteiger partial charge in [-0.25, -0.2) is 0 Å².